The van der Waals surface area contributed by atoms with Gasteiger partial charge in [0, 0.05) is 32.2 Å². The second kappa shape index (κ2) is 12.2. The summed E-state index contributed by atoms with van der Waals surface area (Å²) >= 11 is 0. The number of aryl methyl sites for hydroxylation is 1. The standard InChI is InChI=1S/C30H41N7O3/c1-6-40-25(38)15-16-33-26(20-9-11-21(12-10-20)27(31)32)28-34-23-19-22(13-14-24(23)36(28)5)30(2,35(3)4)29(39)37-17-7-8-18-37/h9-14,19,26,33H,6-8,15-18H2,1-5H3,(H3,31,32). The Labute approximate surface area is 236 Å². The molecule has 2 aromatic carbocycles. The maximum atomic E-state index is 13.7. The molecule has 1 fully saturated rings. The molecule has 0 bridgehead atoms. The summed E-state index contributed by atoms with van der Waals surface area (Å²) in [6, 6.07) is 13.2. The normalized spacial score (nSPS) is 15.8. The van der Waals surface area contributed by atoms with Crippen LogP contribution in [0.5, 0.6) is 0 Å². The van der Waals surface area contributed by atoms with Crippen LogP contribution in [0.1, 0.15) is 61.7 Å². The maximum absolute atomic E-state index is 13.7. The first-order valence-electron chi connectivity index (χ1n) is 13.8. The number of hydrogen-bond acceptors (Lipinski definition) is 7. The highest BCUT2D eigenvalue weighted by Gasteiger charge is 2.41. The van der Waals surface area contributed by atoms with Gasteiger partial charge in [-0.15, -0.1) is 0 Å². The van der Waals surface area contributed by atoms with Gasteiger partial charge in [-0.25, -0.2) is 4.98 Å². The van der Waals surface area contributed by atoms with Gasteiger partial charge in [-0.1, -0.05) is 30.3 Å². The van der Waals surface area contributed by atoms with Gasteiger partial charge in [0.15, 0.2) is 0 Å². The number of likely N-dealkylation sites (N-methyl/N-ethyl adjacent to an activating group) is 1. The monoisotopic (exact) mass is 547 g/mol. The number of esters is 1. The van der Waals surface area contributed by atoms with E-state index < -0.39 is 5.54 Å². The minimum Gasteiger partial charge on any atom is -0.466 e. The number of nitrogens with two attached hydrogens (primary N) is 1. The molecule has 2 heterocycles. The van der Waals surface area contributed by atoms with Crippen LogP contribution in [0.15, 0.2) is 42.5 Å². The number of nitrogen functional groups attached to an aromatic ring is 1. The van der Waals surface area contributed by atoms with E-state index in [9.17, 15) is 9.59 Å². The Morgan fingerprint density at radius 1 is 1.18 bits per heavy atom. The van der Waals surface area contributed by atoms with Crippen LogP contribution in [0.4, 0.5) is 0 Å². The molecule has 2 unspecified atom stereocenters. The summed E-state index contributed by atoms with van der Waals surface area (Å²) in [5.74, 6) is 0.612. The van der Waals surface area contributed by atoms with Gasteiger partial charge >= 0.3 is 5.97 Å². The zero-order valence-corrected chi connectivity index (χ0v) is 24.2. The van der Waals surface area contributed by atoms with E-state index in [-0.39, 0.29) is 30.2 Å². The van der Waals surface area contributed by atoms with Gasteiger partial charge in [-0.05, 0) is 64.0 Å². The van der Waals surface area contributed by atoms with Gasteiger partial charge in [0.25, 0.3) is 0 Å². The Bertz CT molecular complexity index is 1380. The highest BCUT2D eigenvalue weighted by Crippen LogP contribution is 2.33. The molecule has 3 aromatic rings. The molecule has 214 valence electrons. The molecule has 0 aliphatic carbocycles. The molecule has 10 nitrogen and oxygen atoms in total. The Balaban J connectivity index is 1.73. The van der Waals surface area contributed by atoms with E-state index in [1.807, 2.05) is 84.9 Å². The number of ether oxygens (including phenoxy) is 1. The fraction of sp³-hybridized carbons (Fsp3) is 0.467. The molecule has 10 heteroatoms. The number of fused-ring (bicyclic) bond motifs is 1. The number of carbonyl (C=O) groups is 2. The number of likely N-dealkylation sites (tertiary alicyclic amines) is 1. The number of rotatable bonds is 11. The van der Waals surface area contributed by atoms with Gasteiger partial charge in [0.2, 0.25) is 5.91 Å². The fourth-order valence-electron chi connectivity index (χ4n) is 5.35. The highest BCUT2D eigenvalue weighted by atomic mass is 16.5. The Morgan fingerprint density at radius 3 is 2.45 bits per heavy atom. The number of imidazole rings is 1. The van der Waals surface area contributed by atoms with Crippen LogP contribution in [-0.4, -0.2) is 77.4 Å². The predicted molar refractivity (Wildman–Crippen MR) is 156 cm³/mol. The third kappa shape index (κ3) is 5.73. The molecule has 1 aromatic heterocycles. The largest absolute Gasteiger partial charge is 0.466 e. The van der Waals surface area contributed by atoms with Crippen molar-refractivity contribution in [1.82, 2.24) is 24.7 Å². The lowest BCUT2D eigenvalue weighted by Gasteiger charge is -2.38. The van der Waals surface area contributed by atoms with E-state index in [1.165, 1.54) is 0 Å². The lowest BCUT2D eigenvalue weighted by atomic mass is 9.88. The average Bonchev–Trinajstić information content (AvgIpc) is 3.59. The first-order valence-corrected chi connectivity index (χ1v) is 13.8. The van der Waals surface area contributed by atoms with Crippen molar-refractivity contribution < 1.29 is 14.3 Å². The summed E-state index contributed by atoms with van der Waals surface area (Å²) in [5.41, 5.74) is 9.02. The van der Waals surface area contributed by atoms with Gasteiger partial charge in [-0.2, -0.15) is 0 Å². The van der Waals surface area contributed by atoms with Crippen LogP contribution in [0.25, 0.3) is 11.0 Å². The number of amides is 1. The summed E-state index contributed by atoms with van der Waals surface area (Å²) in [6.45, 7) is 6.09. The van der Waals surface area contributed by atoms with Crippen molar-refractivity contribution in [3.05, 3.63) is 65.0 Å². The molecule has 40 heavy (non-hydrogen) atoms. The molecule has 2 atom stereocenters. The lowest BCUT2D eigenvalue weighted by Crippen LogP contribution is -2.52. The van der Waals surface area contributed by atoms with E-state index in [0.717, 1.165) is 53.9 Å². The van der Waals surface area contributed by atoms with Gasteiger partial charge in [-0.3, -0.25) is 19.9 Å². The Hall–Kier alpha value is -3.76. The van der Waals surface area contributed by atoms with E-state index in [1.54, 1.807) is 6.92 Å². The summed E-state index contributed by atoms with van der Waals surface area (Å²) in [5, 5.41) is 11.2. The quantitative estimate of drug-likeness (QED) is 0.191. The first kappa shape index (κ1) is 29.2. The number of nitrogens with zero attached hydrogens (tertiary/aromatic N) is 4. The molecule has 4 N–H and O–H groups in total. The summed E-state index contributed by atoms with van der Waals surface area (Å²) in [4.78, 5) is 34.7. The van der Waals surface area contributed by atoms with Crippen molar-refractivity contribution in [3.63, 3.8) is 0 Å². The molecule has 0 spiro atoms. The SMILES string of the molecule is CCOC(=O)CCNC(c1ccc(C(=N)N)cc1)c1nc2cc(C(C)(C(=O)N3CCCC3)N(C)C)ccc2n1C. The van der Waals surface area contributed by atoms with E-state index in [2.05, 4.69) is 5.32 Å². The summed E-state index contributed by atoms with van der Waals surface area (Å²) in [7, 11) is 5.85. The van der Waals surface area contributed by atoms with Gasteiger partial charge in [0.1, 0.15) is 17.2 Å². The van der Waals surface area contributed by atoms with Crippen molar-refractivity contribution in [2.45, 2.75) is 44.7 Å². The van der Waals surface area contributed by atoms with Gasteiger partial charge in [0.05, 0.1) is 30.1 Å². The zero-order chi connectivity index (χ0) is 29.0. The molecule has 1 amide bonds. The van der Waals surface area contributed by atoms with E-state index >= 15 is 0 Å². The number of carbonyl (C=O) groups excluding carboxylic acids is 2. The average molecular weight is 548 g/mol. The highest BCUT2D eigenvalue weighted by molar-refractivity contribution is 5.95. The molecule has 1 aliphatic rings. The van der Waals surface area contributed by atoms with Crippen LogP contribution in [0.2, 0.25) is 0 Å². The van der Waals surface area contributed by atoms with Crippen LogP contribution in [0, 0.1) is 5.41 Å². The lowest BCUT2D eigenvalue weighted by molar-refractivity contribution is -0.143. The number of aromatic nitrogens is 2. The van der Waals surface area contributed by atoms with Crippen LogP contribution >= 0.6 is 0 Å². The third-order valence-corrected chi connectivity index (χ3v) is 7.98. The van der Waals surface area contributed by atoms with Crippen LogP contribution in [-0.2, 0) is 26.9 Å². The molecule has 1 aliphatic heterocycles. The number of nitrogens with one attached hydrogen (secondary N) is 2. The third-order valence-electron chi connectivity index (χ3n) is 7.98. The predicted octanol–water partition coefficient (Wildman–Crippen LogP) is 2.89. The van der Waals surface area contributed by atoms with E-state index in [4.69, 9.17) is 20.9 Å². The minimum atomic E-state index is -0.823. The van der Waals surface area contributed by atoms with Crippen molar-refractivity contribution in [1.29, 1.82) is 5.41 Å². The second-order valence-electron chi connectivity index (χ2n) is 10.7. The smallest absolute Gasteiger partial charge is 0.307 e. The molecule has 0 radical (unpaired) electrons. The second-order valence-corrected chi connectivity index (χ2v) is 10.7. The summed E-state index contributed by atoms with van der Waals surface area (Å²) < 4.78 is 7.13. The first-order chi connectivity index (χ1) is 19.1. The number of hydrogen-bond donors (Lipinski definition) is 3. The topological polar surface area (TPSA) is 130 Å². The molecule has 1 saturated heterocycles. The van der Waals surface area contributed by atoms with Crippen LogP contribution in [0.3, 0.4) is 0 Å². The molecule has 4 rings (SSSR count). The number of amidine groups is 1. The van der Waals surface area contributed by atoms with Crippen LogP contribution < -0.4 is 11.1 Å². The van der Waals surface area contributed by atoms with E-state index in [0.29, 0.717) is 18.7 Å². The van der Waals surface area contributed by atoms with Crippen molar-refractivity contribution in [2.75, 3.05) is 40.3 Å². The van der Waals surface area contributed by atoms with Gasteiger partial charge < -0.3 is 25.3 Å². The molecular weight excluding hydrogens is 506 g/mol. The maximum Gasteiger partial charge on any atom is 0.307 e. The van der Waals surface area contributed by atoms with Crippen molar-refractivity contribution in [3.8, 4) is 0 Å². The number of benzene rings is 2. The fourth-order valence-corrected chi connectivity index (χ4v) is 5.35. The molecule has 0 saturated carbocycles. The zero-order valence-electron chi connectivity index (χ0n) is 24.2. The Morgan fingerprint density at radius 2 is 1.85 bits per heavy atom. The Kier molecular flexibility index (Phi) is 8.90. The minimum absolute atomic E-state index is 0.000971. The van der Waals surface area contributed by atoms with Crippen molar-refractivity contribution in [2.24, 2.45) is 12.8 Å². The molecular formula is C30H41N7O3. The summed E-state index contributed by atoms with van der Waals surface area (Å²) in [6.07, 6.45) is 2.30. The van der Waals surface area contributed by atoms with Crippen molar-refractivity contribution >= 4 is 28.7 Å².